The van der Waals surface area contributed by atoms with Gasteiger partial charge in [-0.3, -0.25) is 9.59 Å². The van der Waals surface area contributed by atoms with Crippen molar-refractivity contribution in [1.82, 2.24) is 5.32 Å². The van der Waals surface area contributed by atoms with Crippen molar-refractivity contribution in [3.63, 3.8) is 0 Å². The van der Waals surface area contributed by atoms with Gasteiger partial charge in [-0.2, -0.15) is 13.2 Å². The van der Waals surface area contributed by atoms with Crippen molar-refractivity contribution in [3.05, 3.63) is 65.2 Å². The minimum atomic E-state index is -4.55. The van der Waals surface area contributed by atoms with Crippen LogP contribution in [0.3, 0.4) is 0 Å². The van der Waals surface area contributed by atoms with Gasteiger partial charge in [0.1, 0.15) is 0 Å². The molecule has 0 aliphatic carbocycles. The molecule has 1 unspecified atom stereocenters. The molecule has 0 saturated heterocycles. The Hall–Kier alpha value is -2.87. The van der Waals surface area contributed by atoms with E-state index in [1.165, 1.54) is 13.0 Å². The van der Waals surface area contributed by atoms with Crippen LogP contribution < -0.4 is 16.4 Å². The molecule has 0 aliphatic heterocycles. The predicted octanol–water partition coefficient (Wildman–Crippen LogP) is 3.37. The van der Waals surface area contributed by atoms with Crippen LogP contribution in [0, 0.1) is 0 Å². The molecule has 2 aromatic rings. The van der Waals surface area contributed by atoms with Gasteiger partial charge in [0.05, 0.1) is 18.0 Å². The van der Waals surface area contributed by atoms with E-state index in [0.29, 0.717) is 0 Å². The van der Waals surface area contributed by atoms with Crippen molar-refractivity contribution < 1.29 is 22.8 Å². The van der Waals surface area contributed by atoms with Crippen LogP contribution in [0.4, 0.5) is 18.9 Å². The van der Waals surface area contributed by atoms with Crippen molar-refractivity contribution in [3.8, 4) is 0 Å². The molecule has 1 atom stereocenters. The molecule has 2 amide bonds. The second-order valence-electron chi connectivity index (χ2n) is 6.04. The lowest BCUT2D eigenvalue weighted by Crippen LogP contribution is -2.29. The fraction of sp³-hybridized carbons (Fsp3) is 0.263. The van der Waals surface area contributed by atoms with Crippen LogP contribution in [0.1, 0.15) is 36.1 Å². The van der Waals surface area contributed by atoms with Crippen LogP contribution in [0.2, 0.25) is 0 Å². The molecule has 0 aromatic heterocycles. The Labute approximate surface area is 154 Å². The fourth-order valence-corrected chi connectivity index (χ4v) is 2.63. The summed E-state index contributed by atoms with van der Waals surface area (Å²) in [6.07, 6.45) is -4.68. The number of hydrogen-bond donors (Lipinski definition) is 3. The quantitative estimate of drug-likeness (QED) is 0.720. The number of nitrogens with two attached hydrogens (primary N) is 1. The van der Waals surface area contributed by atoms with Crippen molar-refractivity contribution >= 4 is 17.5 Å². The maximum absolute atomic E-state index is 13.0. The topological polar surface area (TPSA) is 84.2 Å². The number of alkyl halides is 3. The Kier molecular flexibility index (Phi) is 6.57. The van der Waals surface area contributed by atoms with Gasteiger partial charge in [0.15, 0.2) is 0 Å². The number of halogens is 3. The average Bonchev–Trinajstić information content (AvgIpc) is 2.60. The van der Waals surface area contributed by atoms with Crippen LogP contribution in [0.5, 0.6) is 0 Å². The largest absolute Gasteiger partial charge is 0.416 e. The van der Waals surface area contributed by atoms with E-state index in [9.17, 15) is 22.8 Å². The van der Waals surface area contributed by atoms with Crippen molar-refractivity contribution in [2.24, 2.45) is 5.73 Å². The highest BCUT2D eigenvalue weighted by molar-refractivity contribution is 5.91. The minimum Gasteiger partial charge on any atom is -0.349 e. The Bertz CT molecular complexity index is 808. The summed E-state index contributed by atoms with van der Waals surface area (Å²) in [5.74, 6) is -0.846. The van der Waals surface area contributed by atoms with E-state index in [1.54, 1.807) is 30.3 Å². The second kappa shape index (κ2) is 8.68. The van der Waals surface area contributed by atoms with E-state index in [1.807, 2.05) is 0 Å². The zero-order valence-electron chi connectivity index (χ0n) is 14.6. The van der Waals surface area contributed by atoms with Gasteiger partial charge in [-0.1, -0.05) is 30.3 Å². The van der Waals surface area contributed by atoms with Crippen molar-refractivity contribution in [2.75, 3.05) is 5.32 Å². The summed E-state index contributed by atoms with van der Waals surface area (Å²) in [5, 5.41) is 5.13. The molecule has 2 aromatic carbocycles. The molecule has 0 heterocycles. The molecule has 4 N–H and O–H groups in total. The minimum absolute atomic E-state index is 0.00455. The summed E-state index contributed by atoms with van der Waals surface area (Å²) in [4.78, 5) is 23.8. The highest BCUT2D eigenvalue weighted by Crippen LogP contribution is 2.32. The number of hydrogen-bond acceptors (Lipinski definition) is 3. The molecular weight excluding hydrogens is 359 g/mol. The molecule has 0 radical (unpaired) electrons. The summed E-state index contributed by atoms with van der Waals surface area (Å²) in [6, 6.07) is 11.4. The third-order valence-electron chi connectivity index (χ3n) is 3.81. The first kappa shape index (κ1) is 20.4. The first-order chi connectivity index (χ1) is 12.7. The van der Waals surface area contributed by atoms with E-state index < -0.39 is 23.7 Å². The lowest BCUT2D eigenvalue weighted by Gasteiger charge is -2.18. The lowest BCUT2D eigenvalue weighted by atomic mass is 10.0. The molecule has 0 spiro atoms. The van der Waals surface area contributed by atoms with E-state index in [0.717, 1.165) is 17.7 Å². The van der Waals surface area contributed by atoms with Gasteiger partial charge in [-0.25, -0.2) is 0 Å². The van der Waals surface area contributed by atoms with Gasteiger partial charge in [0.2, 0.25) is 11.8 Å². The average molecular weight is 379 g/mol. The summed E-state index contributed by atoms with van der Waals surface area (Å²) in [5.41, 5.74) is 5.53. The van der Waals surface area contributed by atoms with Crippen molar-refractivity contribution in [1.29, 1.82) is 0 Å². The van der Waals surface area contributed by atoms with E-state index in [4.69, 9.17) is 5.73 Å². The number of carbonyl (C=O) groups is 2. The van der Waals surface area contributed by atoms with E-state index in [2.05, 4.69) is 10.6 Å². The number of amides is 2. The molecule has 2 rings (SSSR count). The number of nitrogens with one attached hydrogen (secondary N) is 2. The standard InChI is InChI=1S/C19H20F3N3O2/c1-12(26)24-17(14-5-3-2-4-6-14)10-18(27)25-16-8-13(11-23)7-15(9-16)19(20,21)22/h2-9,17H,10-11,23H2,1H3,(H,24,26)(H,25,27). The van der Waals surface area contributed by atoms with Crippen LogP contribution >= 0.6 is 0 Å². The Morgan fingerprint density at radius 1 is 1.11 bits per heavy atom. The molecular formula is C19H20F3N3O2. The van der Waals surface area contributed by atoms with Gasteiger partial charge in [0.25, 0.3) is 0 Å². The first-order valence-electron chi connectivity index (χ1n) is 8.22. The monoisotopic (exact) mass is 379 g/mol. The van der Waals surface area contributed by atoms with Gasteiger partial charge in [-0.05, 0) is 29.3 Å². The molecule has 5 nitrogen and oxygen atoms in total. The third-order valence-corrected chi connectivity index (χ3v) is 3.81. The summed E-state index contributed by atoms with van der Waals surface area (Å²) < 4.78 is 39.0. The molecule has 8 heteroatoms. The first-order valence-corrected chi connectivity index (χ1v) is 8.22. The number of benzene rings is 2. The fourth-order valence-electron chi connectivity index (χ4n) is 2.63. The van der Waals surface area contributed by atoms with E-state index in [-0.39, 0.29) is 30.1 Å². The molecule has 0 aliphatic rings. The Balaban J connectivity index is 2.19. The normalized spacial score (nSPS) is 12.3. The van der Waals surface area contributed by atoms with Crippen LogP contribution in [-0.4, -0.2) is 11.8 Å². The van der Waals surface area contributed by atoms with Gasteiger partial charge in [-0.15, -0.1) is 0 Å². The Morgan fingerprint density at radius 3 is 2.33 bits per heavy atom. The number of carbonyl (C=O) groups excluding carboxylic acids is 2. The van der Waals surface area contributed by atoms with Crippen LogP contribution in [0.15, 0.2) is 48.5 Å². The highest BCUT2D eigenvalue weighted by atomic mass is 19.4. The summed E-state index contributed by atoms with van der Waals surface area (Å²) in [6.45, 7) is 1.24. The predicted molar refractivity (Wildman–Crippen MR) is 95.6 cm³/mol. The summed E-state index contributed by atoms with van der Waals surface area (Å²) in [7, 11) is 0. The molecule has 144 valence electrons. The number of anilines is 1. The SMILES string of the molecule is CC(=O)NC(CC(=O)Nc1cc(CN)cc(C(F)(F)F)c1)c1ccccc1. The second-order valence-corrected chi connectivity index (χ2v) is 6.04. The Morgan fingerprint density at radius 2 is 1.78 bits per heavy atom. The smallest absolute Gasteiger partial charge is 0.349 e. The number of rotatable bonds is 6. The highest BCUT2D eigenvalue weighted by Gasteiger charge is 2.31. The van der Waals surface area contributed by atoms with Gasteiger partial charge in [0, 0.05) is 19.2 Å². The van der Waals surface area contributed by atoms with E-state index >= 15 is 0 Å². The third kappa shape index (κ3) is 6.10. The van der Waals surface area contributed by atoms with Crippen molar-refractivity contribution in [2.45, 2.75) is 32.1 Å². The maximum atomic E-state index is 13.0. The van der Waals surface area contributed by atoms with Gasteiger partial charge >= 0.3 is 6.18 Å². The molecule has 27 heavy (non-hydrogen) atoms. The molecule has 0 bridgehead atoms. The zero-order chi connectivity index (χ0) is 20.0. The maximum Gasteiger partial charge on any atom is 0.416 e. The van der Waals surface area contributed by atoms with Crippen LogP contribution in [0.25, 0.3) is 0 Å². The van der Waals surface area contributed by atoms with Gasteiger partial charge < -0.3 is 16.4 Å². The molecule has 0 saturated carbocycles. The molecule has 0 fully saturated rings. The zero-order valence-corrected chi connectivity index (χ0v) is 14.6. The summed E-state index contributed by atoms with van der Waals surface area (Å²) >= 11 is 0. The van der Waals surface area contributed by atoms with Crippen LogP contribution in [-0.2, 0) is 22.3 Å². The lowest BCUT2D eigenvalue weighted by molar-refractivity contribution is -0.137.